The quantitative estimate of drug-likeness (QED) is 0.668. The lowest BCUT2D eigenvalue weighted by Crippen LogP contribution is -2.26. The van der Waals surface area contributed by atoms with E-state index in [2.05, 4.69) is 17.4 Å². The van der Waals surface area contributed by atoms with E-state index in [1.807, 2.05) is 72.9 Å². The minimum Gasteiger partial charge on any atom is -0.459 e. The van der Waals surface area contributed by atoms with Gasteiger partial charge in [0.25, 0.3) is 5.91 Å². The van der Waals surface area contributed by atoms with E-state index in [0.29, 0.717) is 10.1 Å². The monoisotopic (exact) mass is 369 g/mol. The SMILES string of the molecule is C[C@H](NC(=O)c1ccc(C2SCCS2)cc1)c1cc2ccccc2o1. The smallest absolute Gasteiger partial charge is 0.251 e. The van der Waals surface area contributed by atoms with E-state index in [4.69, 9.17) is 4.42 Å². The number of nitrogens with one attached hydrogen (secondary N) is 1. The van der Waals surface area contributed by atoms with Crippen LogP contribution in [-0.4, -0.2) is 17.4 Å². The number of rotatable bonds is 4. The molecule has 2 aromatic carbocycles. The van der Waals surface area contributed by atoms with Gasteiger partial charge in [0.1, 0.15) is 11.3 Å². The average molecular weight is 370 g/mol. The molecule has 1 amide bonds. The third-order valence-electron chi connectivity index (χ3n) is 4.29. The van der Waals surface area contributed by atoms with Crippen molar-refractivity contribution in [3.63, 3.8) is 0 Å². The molecule has 0 unspecified atom stereocenters. The second-order valence-corrected chi connectivity index (χ2v) is 8.80. The van der Waals surface area contributed by atoms with Gasteiger partial charge in [-0.05, 0) is 36.8 Å². The Morgan fingerprint density at radius 1 is 1.12 bits per heavy atom. The number of hydrogen-bond donors (Lipinski definition) is 1. The van der Waals surface area contributed by atoms with Crippen LogP contribution in [0, 0.1) is 0 Å². The summed E-state index contributed by atoms with van der Waals surface area (Å²) in [4.78, 5) is 12.5. The van der Waals surface area contributed by atoms with E-state index in [9.17, 15) is 4.79 Å². The van der Waals surface area contributed by atoms with Crippen LogP contribution in [0.4, 0.5) is 0 Å². The van der Waals surface area contributed by atoms with Crippen LogP contribution >= 0.6 is 23.5 Å². The Kier molecular flexibility index (Phi) is 4.77. The van der Waals surface area contributed by atoms with Crippen molar-refractivity contribution in [3.8, 4) is 0 Å². The van der Waals surface area contributed by atoms with Gasteiger partial charge in [0, 0.05) is 22.5 Å². The summed E-state index contributed by atoms with van der Waals surface area (Å²) >= 11 is 3.94. The molecule has 1 atom stereocenters. The molecule has 1 fully saturated rings. The molecule has 1 aliphatic heterocycles. The highest BCUT2D eigenvalue weighted by Crippen LogP contribution is 2.45. The lowest BCUT2D eigenvalue weighted by molar-refractivity contribution is 0.0935. The summed E-state index contributed by atoms with van der Waals surface area (Å²) < 4.78 is 6.34. The summed E-state index contributed by atoms with van der Waals surface area (Å²) in [6.45, 7) is 1.94. The second-order valence-electron chi connectivity index (χ2n) is 6.08. The van der Waals surface area contributed by atoms with Crippen LogP contribution in [-0.2, 0) is 0 Å². The van der Waals surface area contributed by atoms with Gasteiger partial charge in [-0.25, -0.2) is 0 Å². The highest BCUT2D eigenvalue weighted by atomic mass is 32.2. The van der Waals surface area contributed by atoms with Crippen LogP contribution in [0.2, 0.25) is 0 Å². The zero-order valence-electron chi connectivity index (χ0n) is 13.9. The van der Waals surface area contributed by atoms with E-state index >= 15 is 0 Å². The molecule has 4 rings (SSSR count). The molecule has 2 heterocycles. The summed E-state index contributed by atoms with van der Waals surface area (Å²) in [5, 5.41) is 4.07. The van der Waals surface area contributed by atoms with Crippen LogP contribution in [0.25, 0.3) is 11.0 Å². The van der Waals surface area contributed by atoms with Crippen LogP contribution in [0.15, 0.2) is 59.0 Å². The molecule has 1 N–H and O–H groups in total. The molecule has 0 aliphatic carbocycles. The largest absolute Gasteiger partial charge is 0.459 e. The highest BCUT2D eigenvalue weighted by molar-refractivity contribution is 8.19. The first kappa shape index (κ1) is 16.6. The van der Waals surface area contributed by atoms with Gasteiger partial charge in [0.2, 0.25) is 0 Å². The van der Waals surface area contributed by atoms with Crippen molar-refractivity contribution < 1.29 is 9.21 Å². The van der Waals surface area contributed by atoms with Crippen molar-refractivity contribution in [2.45, 2.75) is 17.5 Å². The van der Waals surface area contributed by atoms with Crippen molar-refractivity contribution in [2.24, 2.45) is 0 Å². The minimum atomic E-state index is -0.180. The lowest BCUT2D eigenvalue weighted by Gasteiger charge is -2.12. The summed E-state index contributed by atoms with van der Waals surface area (Å²) in [5.41, 5.74) is 2.81. The number of fused-ring (bicyclic) bond motifs is 1. The molecule has 5 heteroatoms. The maximum absolute atomic E-state index is 12.5. The van der Waals surface area contributed by atoms with Gasteiger partial charge in [-0.1, -0.05) is 30.3 Å². The van der Waals surface area contributed by atoms with E-state index in [-0.39, 0.29) is 11.9 Å². The Bertz CT molecular complexity index is 849. The average Bonchev–Trinajstić information content (AvgIpc) is 3.31. The Morgan fingerprint density at radius 3 is 2.56 bits per heavy atom. The first-order chi connectivity index (χ1) is 12.2. The Balaban J connectivity index is 1.45. The lowest BCUT2D eigenvalue weighted by atomic mass is 10.1. The third kappa shape index (κ3) is 3.58. The molecule has 0 saturated carbocycles. The zero-order chi connectivity index (χ0) is 17.2. The van der Waals surface area contributed by atoms with E-state index in [0.717, 1.165) is 16.7 Å². The summed E-state index contributed by atoms with van der Waals surface area (Å²) in [6.07, 6.45) is 0. The topological polar surface area (TPSA) is 42.2 Å². The molecular weight excluding hydrogens is 350 g/mol. The van der Waals surface area contributed by atoms with Gasteiger partial charge in [-0.15, -0.1) is 23.5 Å². The van der Waals surface area contributed by atoms with Crippen molar-refractivity contribution >= 4 is 40.4 Å². The zero-order valence-corrected chi connectivity index (χ0v) is 15.5. The molecule has 1 aromatic heterocycles. The van der Waals surface area contributed by atoms with Crippen molar-refractivity contribution in [1.29, 1.82) is 0 Å². The Morgan fingerprint density at radius 2 is 1.84 bits per heavy atom. The summed E-state index contributed by atoms with van der Waals surface area (Å²) in [7, 11) is 0. The van der Waals surface area contributed by atoms with Crippen LogP contribution in [0.3, 0.4) is 0 Å². The highest BCUT2D eigenvalue weighted by Gasteiger charge is 2.19. The molecule has 1 saturated heterocycles. The van der Waals surface area contributed by atoms with Gasteiger partial charge < -0.3 is 9.73 Å². The molecule has 1 aliphatic rings. The first-order valence-corrected chi connectivity index (χ1v) is 10.4. The molecule has 128 valence electrons. The maximum Gasteiger partial charge on any atom is 0.251 e. The Labute approximate surface area is 155 Å². The van der Waals surface area contributed by atoms with Gasteiger partial charge >= 0.3 is 0 Å². The predicted octanol–water partition coefficient (Wildman–Crippen LogP) is 5.40. The molecule has 3 aromatic rings. The van der Waals surface area contributed by atoms with Crippen LogP contribution < -0.4 is 5.32 Å². The van der Waals surface area contributed by atoms with E-state index < -0.39 is 0 Å². The molecule has 0 radical (unpaired) electrons. The predicted molar refractivity (Wildman–Crippen MR) is 106 cm³/mol. The second kappa shape index (κ2) is 7.18. The van der Waals surface area contributed by atoms with Gasteiger partial charge in [-0.2, -0.15) is 0 Å². The number of para-hydroxylation sites is 1. The fourth-order valence-corrected chi connectivity index (χ4v) is 5.77. The molecule has 3 nitrogen and oxygen atoms in total. The number of carbonyl (C=O) groups excluding carboxylic acids is 1. The minimum absolute atomic E-state index is 0.0776. The van der Waals surface area contributed by atoms with Crippen molar-refractivity contribution in [2.75, 3.05) is 11.5 Å². The van der Waals surface area contributed by atoms with Crippen molar-refractivity contribution in [3.05, 3.63) is 71.5 Å². The molecule has 0 spiro atoms. The van der Waals surface area contributed by atoms with Gasteiger partial charge in [-0.3, -0.25) is 4.79 Å². The fourth-order valence-electron chi connectivity index (χ4n) is 2.91. The van der Waals surface area contributed by atoms with E-state index in [1.165, 1.54) is 17.1 Å². The standard InChI is InChI=1S/C20H19NO2S2/c1-13(18-12-16-4-2-3-5-17(16)23-18)21-19(22)14-6-8-15(9-7-14)20-24-10-11-25-20/h2-9,12-13,20H,10-11H2,1H3,(H,21,22)/t13-/m0/s1. The summed E-state index contributed by atoms with van der Waals surface area (Å²) in [5.74, 6) is 3.09. The molecular formula is C20H19NO2S2. The Hall–Kier alpha value is -1.85. The summed E-state index contributed by atoms with van der Waals surface area (Å²) in [6, 6.07) is 17.6. The number of carbonyl (C=O) groups is 1. The number of furan rings is 1. The normalized spacial score (nSPS) is 16.2. The van der Waals surface area contributed by atoms with Crippen LogP contribution in [0.1, 0.15) is 39.2 Å². The third-order valence-corrected chi connectivity index (χ3v) is 7.39. The number of thioether (sulfide) groups is 2. The number of benzene rings is 2. The number of amides is 1. The fraction of sp³-hybridized carbons (Fsp3) is 0.250. The molecule has 0 bridgehead atoms. The van der Waals surface area contributed by atoms with Gasteiger partial charge in [0.15, 0.2) is 0 Å². The van der Waals surface area contributed by atoms with Gasteiger partial charge in [0.05, 0.1) is 10.6 Å². The van der Waals surface area contributed by atoms with E-state index in [1.54, 1.807) is 0 Å². The van der Waals surface area contributed by atoms with Crippen LogP contribution in [0.5, 0.6) is 0 Å². The van der Waals surface area contributed by atoms with Crippen molar-refractivity contribution in [1.82, 2.24) is 5.32 Å². The molecule has 25 heavy (non-hydrogen) atoms. The first-order valence-electron chi connectivity index (χ1n) is 8.33. The maximum atomic E-state index is 12.5. The number of hydrogen-bond acceptors (Lipinski definition) is 4.